The van der Waals surface area contributed by atoms with Crippen LogP contribution in [0.3, 0.4) is 0 Å². The highest BCUT2D eigenvalue weighted by molar-refractivity contribution is 14.1. The molecule has 0 bridgehead atoms. The van der Waals surface area contributed by atoms with Gasteiger partial charge in [-0.25, -0.2) is 0 Å². The summed E-state index contributed by atoms with van der Waals surface area (Å²) in [6, 6.07) is 6.28. The van der Waals surface area contributed by atoms with E-state index in [1.165, 1.54) is 6.92 Å². The number of benzene rings is 1. The lowest BCUT2D eigenvalue weighted by molar-refractivity contribution is 0.144. The van der Waals surface area contributed by atoms with E-state index in [9.17, 15) is 13.5 Å². The van der Waals surface area contributed by atoms with Crippen molar-refractivity contribution in [1.29, 1.82) is 0 Å². The summed E-state index contributed by atoms with van der Waals surface area (Å²) in [4.78, 5) is 0. The van der Waals surface area contributed by atoms with Gasteiger partial charge < -0.3 is 5.11 Å². The van der Waals surface area contributed by atoms with E-state index in [1.54, 1.807) is 18.2 Å². The highest BCUT2D eigenvalue weighted by atomic mass is 127. The third-order valence-electron chi connectivity index (χ3n) is 2.03. The Balaban J connectivity index is 2.86. The highest BCUT2D eigenvalue weighted by Crippen LogP contribution is 2.22. The maximum atomic E-state index is 10.6. The van der Waals surface area contributed by atoms with E-state index in [1.807, 2.05) is 33.4 Å². The minimum absolute atomic E-state index is 0.617. The number of nitrogens with one attached hydrogen (secondary N) is 1. The highest BCUT2D eigenvalue weighted by Gasteiger charge is 2.21. The van der Waals surface area contributed by atoms with Crippen LogP contribution >= 0.6 is 22.6 Å². The number of aliphatic hydroxyl groups excluding tert-OH is 1. The lowest BCUT2D eigenvalue weighted by atomic mass is 10.0. The van der Waals surface area contributed by atoms with Gasteiger partial charge in [0.2, 0.25) is 0 Å². The van der Waals surface area contributed by atoms with Crippen LogP contribution in [0.4, 0.5) is 0 Å². The molecule has 0 fully saturated rings. The standard InChI is InChI=1S/C9H12INO4S/c1-6(11-16(13,14)15)9(12)7-4-2-3-5-8(7)10/h2-6,9,11-12H,1H3,(H,13,14,15)/t6-,9+/m1/s1. The number of hydrogen-bond acceptors (Lipinski definition) is 3. The fourth-order valence-electron chi connectivity index (χ4n) is 1.28. The van der Waals surface area contributed by atoms with Crippen LogP contribution in [0, 0.1) is 3.57 Å². The Bertz CT molecular complexity index is 462. The average molecular weight is 357 g/mol. The molecule has 0 aromatic heterocycles. The molecule has 0 radical (unpaired) electrons. The molecule has 0 heterocycles. The van der Waals surface area contributed by atoms with Gasteiger partial charge in [-0.05, 0) is 41.1 Å². The molecule has 0 saturated heterocycles. The monoisotopic (exact) mass is 357 g/mol. The van der Waals surface area contributed by atoms with Gasteiger partial charge in [0.1, 0.15) is 0 Å². The van der Waals surface area contributed by atoms with Crippen LogP contribution in [-0.4, -0.2) is 24.1 Å². The van der Waals surface area contributed by atoms with E-state index < -0.39 is 22.4 Å². The van der Waals surface area contributed by atoms with Crippen LogP contribution in [0.25, 0.3) is 0 Å². The summed E-state index contributed by atoms with van der Waals surface area (Å²) in [6.45, 7) is 1.47. The zero-order valence-electron chi connectivity index (χ0n) is 8.46. The van der Waals surface area contributed by atoms with Crippen molar-refractivity contribution in [3.63, 3.8) is 0 Å². The molecule has 0 unspecified atom stereocenters. The van der Waals surface area contributed by atoms with E-state index in [0.29, 0.717) is 5.56 Å². The molecule has 1 aromatic carbocycles. The third kappa shape index (κ3) is 3.98. The van der Waals surface area contributed by atoms with E-state index in [-0.39, 0.29) is 0 Å². The summed E-state index contributed by atoms with van der Waals surface area (Å²) >= 11 is 2.05. The van der Waals surface area contributed by atoms with Crippen molar-refractivity contribution in [2.24, 2.45) is 0 Å². The Morgan fingerprint density at radius 1 is 1.38 bits per heavy atom. The Labute approximate surface area is 108 Å². The Morgan fingerprint density at radius 3 is 2.44 bits per heavy atom. The van der Waals surface area contributed by atoms with Crippen LogP contribution in [0.1, 0.15) is 18.6 Å². The first-order chi connectivity index (χ1) is 7.31. The number of rotatable bonds is 4. The summed E-state index contributed by atoms with van der Waals surface area (Å²) in [6.07, 6.45) is -1.00. The topological polar surface area (TPSA) is 86.6 Å². The van der Waals surface area contributed by atoms with Crippen molar-refractivity contribution in [1.82, 2.24) is 4.72 Å². The molecule has 3 N–H and O–H groups in total. The fourth-order valence-corrected chi connectivity index (χ4v) is 2.59. The SMILES string of the molecule is C[C@@H](NS(=O)(=O)O)[C@H](O)c1ccccc1I. The smallest absolute Gasteiger partial charge is 0.333 e. The third-order valence-corrected chi connectivity index (χ3v) is 3.68. The zero-order valence-corrected chi connectivity index (χ0v) is 11.4. The van der Waals surface area contributed by atoms with Gasteiger partial charge in [0.25, 0.3) is 0 Å². The second kappa shape index (κ2) is 5.41. The Hall–Kier alpha value is -0.220. The number of halogens is 1. The van der Waals surface area contributed by atoms with E-state index in [4.69, 9.17) is 4.55 Å². The van der Waals surface area contributed by atoms with Crippen molar-refractivity contribution in [2.75, 3.05) is 0 Å². The molecule has 0 saturated carbocycles. The molecule has 1 aromatic rings. The second-order valence-electron chi connectivity index (χ2n) is 3.35. The molecule has 0 aliphatic heterocycles. The van der Waals surface area contributed by atoms with Crippen LogP contribution in [0.15, 0.2) is 24.3 Å². The molecular formula is C9H12INO4S. The van der Waals surface area contributed by atoms with Gasteiger partial charge in [-0.1, -0.05) is 18.2 Å². The molecule has 16 heavy (non-hydrogen) atoms. The molecule has 90 valence electrons. The predicted octanol–water partition coefficient (Wildman–Crippen LogP) is 1.11. The van der Waals surface area contributed by atoms with Crippen molar-refractivity contribution in [3.8, 4) is 0 Å². The predicted molar refractivity (Wildman–Crippen MR) is 68.3 cm³/mol. The summed E-state index contributed by atoms with van der Waals surface area (Å²) in [5.74, 6) is 0. The van der Waals surface area contributed by atoms with Gasteiger partial charge in [-0.3, -0.25) is 4.55 Å². The lowest BCUT2D eigenvalue weighted by Gasteiger charge is -2.19. The van der Waals surface area contributed by atoms with Crippen LogP contribution in [0.2, 0.25) is 0 Å². The molecule has 0 amide bonds. The molecule has 0 aliphatic rings. The maximum Gasteiger partial charge on any atom is 0.333 e. The van der Waals surface area contributed by atoms with Crippen LogP contribution in [0.5, 0.6) is 0 Å². The minimum atomic E-state index is -4.30. The molecule has 2 atom stereocenters. The van der Waals surface area contributed by atoms with Gasteiger partial charge in [0.15, 0.2) is 0 Å². The molecule has 0 aliphatic carbocycles. The van der Waals surface area contributed by atoms with Crippen molar-refractivity contribution >= 4 is 32.9 Å². The van der Waals surface area contributed by atoms with Gasteiger partial charge in [0.05, 0.1) is 12.1 Å². The molecule has 0 spiro atoms. The second-order valence-corrected chi connectivity index (χ2v) is 5.70. The summed E-state index contributed by atoms with van der Waals surface area (Å²) < 4.78 is 32.5. The van der Waals surface area contributed by atoms with Gasteiger partial charge in [0, 0.05) is 3.57 Å². The van der Waals surface area contributed by atoms with Gasteiger partial charge >= 0.3 is 10.3 Å². The summed E-state index contributed by atoms with van der Waals surface area (Å²) in [5.41, 5.74) is 0.617. The van der Waals surface area contributed by atoms with Gasteiger partial charge in [-0.15, -0.1) is 0 Å². The zero-order chi connectivity index (χ0) is 12.3. The summed E-state index contributed by atoms with van der Waals surface area (Å²) in [7, 11) is -4.30. The molecule has 5 nitrogen and oxygen atoms in total. The first kappa shape index (κ1) is 13.8. The van der Waals surface area contributed by atoms with Crippen molar-refractivity contribution in [3.05, 3.63) is 33.4 Å². The maximum absolute atomic E-state index is 10.6. The quantitative estimate of drug-likeness (QED) is 0.557. The van der Waals surface area contributed by atoms with Gasteiger partial charge in [-0.2, -0.15) is 13.1 Å². The average Bonchev–Trinajstić information content (AvgIpc) is 2.15. The lowest BCUT2D eigenvalue weighted by Crippen LogP contribution is -2.36. The molecule has 1 rings (SSSR count). The van der Waals surface area contributed by atoms with E-state index in [2.05, 4.69) is 0 Å². The molecule has 7 heteroatoms. The summed E-state index contributed by atoms with van der Waals surface area (Å²) in [5, 5.41) is 9.89. The van der Waals surface area contributed by atoms with Crippen LogP contribution in [-0.2, 0) is 10.3 Å². The van der Waals surface area contributed by atoms with Crippen LogP contribution < -0.4 is 4.72 Å². The van der Waals surface area contributed by atoms with Crippen molar-refractivity contribution in [2.45, 2.75) is 19.1 Å². The first-order valence-electron chi connectivity index (χ1n) is 4.48. The van der Waals surface area contributed by atoms with E-state index in [0.717, 1.165) is 3.57 Å². The van der Waals surface area contributed by atoms with E-state index >= 15 is 0 Å². The largest absolute Gasteiger partial charge is 0.387 e. The van der Waals surface area contributed by atoms with Crippen molar-refractivity contribution < 1.29 is 18.1 Å². The normalized spacial score (nSPS) is 15.8. The minimum Gasteiger partial charge on any atom is -0.387 e. The number of aliphatic hydroxyl groups is 1. The Morgan fingerprint density at radius 2 is 1.94 bits per heavy atom. The number of hydrogen-bond donors (Lipinski definition) is 3. The fraction of sp³-hybridized carbons (Fsp3) is 0.333. The molecular weight excluding hydrogens is 345 g/mol. The Kier molecular flexibility index (Phi) is 4.68. The first-order valence-corrected chi connectivity index (χ1v) is 7.00.